The van der Waals surface area contributed by atoms with Crippen molar-refractivity contribution >= 4 is 27.5 Å². The molecule has 3 nitrogen and oxygen atoms in total. The number of aromatic nitrogens is 2. The SMILES string of the molecule is Cc1cc(-n2c3ccccc3c3ccncc32)ccc1N. The minimum absolute atomic E-state index is 0.817. The van der Waals surface area contributed by atoms with Crippen LogP contribution in [0.4, 0.5) is 5.69 Å². The molecule has 0 fully saturated rings. The van der Waals surface area contributed by atoms with Crippen molar-refractivity contribution in [3.8, 4) is 5.69 Å². The lowest BCUT2D eigenvalue weighted by Gasteiger charge is -2.09. The average Bonchev–Trinajstić information content (AvgIpc) is 2.85. The first-order chi connectivity index (χ1) is 10.3. The van der Waals surface area contributed by atoms with E-state index < -0.39 is 0 Å². The number of pyridine rings is 1. The quantitative estimate of drug-likeness (QED) is 0.531. The highest BCUT2D eigenvalue weighted by Crippen LogP contribution is 2.31. The van der Waals surface area contributed by atoms with Gasteiger partial charge in [0, 0.05) is 28.3 Å². The van der Waals surface area contributed by atoms with Crippen LogP contribution in [-0.2, 0) is 0 Å². The Balaban J connectivity index is 2.17. The van der Waals surface area contributed by atoms with E-state index in [9.17, 15) is 0 Å². The van der Waals surface area contributed by atoms with E-state index in [4.69, 9.17) is 5.73 Å². The molecule has 4 rings (SSSR count). The van der Waals surface area contributed by atoms with Crippen molar-refractivity contribution in [3.63, 3.8) is 0 Å². The number of para-hydroxylation sites is 1. The summed E-state index contributed by atoms with van der Waals surface area (Å²) < 4.78 is 2.24. The molecule has 2 aromatic heterocycles. The molecule has 3 heteroatoms. The zero-order valence-corrected chi connectivity index (χ0v) is 11.7. The molecule has 0 aliphatic carbocycles. The van der Waals surface area contributed by atoms with Crippen LogP contribution in [-0.4, -0.2) is 9.55 Å². The number of rotatable bonds is 1. The Kier molecular flexibility index (Phi) is 2.48. The summed E-state index contributed by atoms with van der Waals surface area (Å²) in [5.41, 5.74) is 11.3. The minimum Gasteiger partial charge on any atom is -0.399 e. The molecule has 2 aromatic carbocycles. The minimum atomic E-state index is 0.817. The summed E-state index contributed by atoms with van der Waals surface area (Å²) in [5.74, 6) is 0. The summed E-state index contributed by atoms with van der Waals surface area (Å²) >= 11 is 0. The fourth-order valence-electron chi connectivity index (χ4n) is 2.90. The second-order valence-corrected chi connectivity index (χ2v) is 5.29. The molecule has 0 unspecified atom stereocenters. The molecule has 0 radical (unpaired) electrons. The van der Waals surface area contributed by atoms with Gasteiger partial charge in [0.05, 0.1) is 17.2 Å². The van der Waals surface area contributed by atoms with Crippen LogP contribution in [0.2, 0.25) is 0 Å². The van der Waals surface area contributed by atoms with Crippen LogP contribution in [0.15, 0.2) is 60.9 Å². The van der Waals surface area contributed by atoms with Crippen LogP contribution >= 0.6 is 0 Å². The molecular weight excluding hydrogens is 258 g/mol. The molecule has 0 amide bonds. The normalized spacial score (nSPS) is 11.3. The van der Waals surface area contributed by atoms with Gasteiger partial charge in [0.2, 0.25) is 0 Å². The van der Waals surface area contributed by atoms with Crippen LogP contribution < -0.4 is 5.73 Å². The fourth-order valence-corrected chi connectivity index (χ4v) is 2.90. The van der Waals surface area contributed by atoms with E-state index >= 15 is 0 Å². The molecule has 2 N–H and O–H groups in total. The third kappa shape index (κ3) is 1.71. The van der Waals surface area contributed by atoms with Gasteiger partial charge in [-0.1, -0.05) is 18.2 Å². The monoisotopic (exact) mass is 273 g/mol. The second kappa shape index (κ2) is 4.35. The maximum atomic E-state index is 5.95. The summed E-state index contributed by atoms with van der Waals surface area (Å²) in [6.07, 6.45) is 3.76. The van der Waals surface area contributed by atoms with E-state index in [1.54, 1.807) is 0 Å². The number of nitrogen functional groups attached to an aromatic ring is 1. The van der Waals surface area contributed by atoms with Crippen LogP contribution in [0.5, 0.6) is 0 Å². The lowest BCUT2D eigenvalue weighted by Crippen LogP contribution is -1.97. The summed E-state index contributed by atoms with van der Waals surface area (Å²) in [6.45, 7) is 2.03. The number of anilines is 1. The molecule has 0 atom stereocenters. The van der Waals surface area contributed by atoms with Crippen molar-refractivity contribution in [3.05, 3.63) is 66.5 Å². The van der Waals surface area contributed by atoms with Crippen molar-refractivity contribution in [2.45, 2.75) is 6.92 Å². The van der Waals surface area contributed by atoms with Gasteiger partial charge in [-0.15, -0.1) is 0 Å². The van der Waals surface area contributed by atoms with Gasteiger partial charge in [0.15, 0.2) is 0 Å². The number of fused-ring (bicyclic) bond motifs is 3. The average molecular weight is 273 g/mol. The molecule has 0 aliphatic rings. The van der Waals surface area contributed by atoms with Crippen LogP contribution in [0.3, 0.4) is 0 Å². The molecule has 0 aliphatic heterocycles. The zero-order valence-electron chi connectivity index (χ0n) is 11.7. The molecule has 4 aromatic rings. The Morgan fingerprint density at radius 3 is 2.62 bits per heavy atom. The third-order valence-corrected chi connectivity index (χ3v) is 3.99. The maximum absolute atomic E-state index is 5.95. The summed E-state index contributed by atoms with van der Waals surface area (Å²) in [7, 11) is 0. The lowest BCUT2D eigenvalue weighted by molar-refractivity contribution is 1.16. The van der Waals surface area contributed by atoms with Gasteiger partial charge >= 0.3 is 0 Å². The standard InChI is InChI=1S/C18H15N3/c1-12-10-13(6-7-16(12)19)21-17-5-3-2-4-14(17)15-8-9-20-11-18(15)21/h2-11H,19H2,1H3. The summed E-state index contributed by atoms with van der Waals surface area (Å²) in [6, 6.07) is 16.6. The van der Waals surface area contributed by atoms with Crippen molar-refractivity contribution < 1.29 is 0 Å². The van der Waals surface area contributed by atoms with Crippen molar-refractivity contribution in [1.29, 1.82) is 0 Å². The van der Waals surface area contributed by atoms with E-state index in [0.29, 0.717) is 0 Å². The van der Waals surface area contributed by atoms with E-state index in [2.05, 4.69) is 52.0 Å². The number of nitrogens with two attached hydrogens (primary N) is 1. The smallest absolute Gasteiger partial charge is 0.0724 e. The molecule has 102 valence electrons. The Bertz CT molecular complexity index is 913. The predicted octanol–water partition coefficient (Wildman–Crippen LogP) is 4.07. The number of hydrogen-bond donors (Lipinski definition) is 1. The van der Waals surface area contributed by atoms with Gasteiger partial charge < -0.3 is 10.3 Å². The summed E-state index contributed by atoms with van der Waals surface area (Å²) in [5, 5.41) is 2.46. The Labute approximate surface area is 122 Å². The van der Waals surface area contributed by atoms with Gasteiger partial charge in [-0.05, 0) is 42.8 Å². The Hall–Kier alpha value is -2.81. The molecule has 0 spiro atoms. The molecule has 0 saturated carbocycles. The Morgan fingerprint density at radius 1 is 0.952 bits per heavy atom. The predicted molar refractivity (Wildman–Crippen MR) is 87.7 cm³/mol. The largest absolute Gasteiger partial charge is 0.399 e. The number of benzene rings is 2. The van der Waals surface area contributed by atoms with Gasteiger partial charge in [-0.25, -0.2) is 0 Å². The van der Waals surface area contributed by atoms with Crippen LogP contribution in [0.25, 0.3) is 27.5 Å². The molecule has 0 saturated heterocycles. The first-order valence-corrected chi connectivity index (χ1v) is 6.95. The van der Waals surface area contributed by atoms with E-state index in [-0.39, 0.29) is 0 Å². The first kappa shape index (κ1) is 12.0. The van der Waals surface area contributed by atoms with Gasteiger partial charge in [0.25, 0.3) is 0 Å². The topological polar surface area (TPSA) is 43.8 Å². The van der Waals surface area contributed by atoms with E-state index in [1.165, 1.54) is 16.3 Å². The van der Waals surface area contributed by atoms with E-state index in [1.807, 2.05) is 25.4 Å². The van der Waals surface area contributed by atoms with Crippen LogP contribution in [0, 0.1) is 6.92 Å². The molecule has 0 bridgehead atoms. The van der Waals surface area contributed by atoms with Gasteiger partial charge in [-0.3, -0.25) is 4.98 Å². The first-order valence-electron chi connectivity index (χ1n) is 6.95. The third-order valence-electron chi connectivity index (χ3n) is 3.99. The second-order valence-electron chi connectivity index (χ2n) is 5.29. The van der Waals surface area contributed by atoms with Crippen molar-refractivity contribution in [2.24, 2.45) is 0 Å². The summed E-state index contributed by atoms with van der Waals surface area (Å²) in [4.78, 5) is 4.29. The Morgan fingerprint density at radius 2 is 1.76 bits per heavy atom. The van der Waals surface area contributed by atoms with Crippen LogP contribution in [0.1, 0.15) is 5.56 Å². The highest BCUT2D eigenvalue weighted by molar-refractivity contribution is 6.08. The van der Waals surface area contributed by atoms with Crippen molar-refractivity contribution in [2.75, 3.05) is 5.73 Å². The van der Waals surface area contributed by atoms with Gasteiger partial charge in [0.1, 0.15) is 0 Å². The van der Waals surface area contributed by atoms with Gasteiger partial charge in [-0.2, -0.15) is 0 Å². The highest BCUT2D eigenvalue weighted by atomic mass is 15.0. The lowest BCUT2D eigenvalue weighted by atomic mass is 10.2. The highest BCUT2D eigenvalue weighted by Gasteiger charge is 2.11. The fraction of sp³-hybridized carbons (Fsp3) is 0.0556. The number of aryl methyl sites for hydroxylation is 1. The number of hydrogen-bond acceptors (Lipinski definition) is 2. The van der Waals surface area contributed by atoms with Crippen molar-refractivity contribution in [1.82, 2.24) is 9.55 Å². The van der Waals surface area contributed by atoms with E-state index in [0.717, 1.165) is 22.5 Å². The molecule has 21 heavy (non-hydrogen) atoms. The maximum Gasteiger partial charge on any atom is 0.0724 e. The number of nitrogens with zero attached hydrogens (tertiary/aromatic N) is 2. The molecule has 2 heterocycles. The zero-order chi connectivity index (χ0) is 14.4. The molecular formula is C18H15N3.